The number of aliphatic hydroxyl groups is 1. The fraction of sp³-hybridized carbons (Fsp3) is 0.778. The first-order chi connectivity index (χ1) is 5.12. The van der Waals surface area contributed by atoms with E-state index in [0.29, 0.717) is 0 Å². The zero-order valence-electron chi connectivity index (χ0n) is 7.35. The molecule has 11 heavy (non-hydrogen) atoms. The summed E-state index contributed by atoms with van der Waals surface area (Å²) in [5, 5.41) is 12.0. The average Bonchev–Trinajstić information content (AvgIpc) is 1.99. The van der Waals surface area contributed by atoms with E-state index in [-0.39, 0.29) is 12.0 Å². The molecule has 0 radical (unpaired) electrons. The van der Waals surface area contributed by atoms with Gasteiger partial charge in [0.1, 0.15) is 0 Å². The van der Waals surface area contributed by atoms with Crippen LogP contribution in [0, 0.1) is 17.8 Å². The van der Waals surface area contributed by atoms with Gasteiger partial charge < -0.3 is 10.4 Å². The summed E-state index contributed by atoms with van der Waals surface area (Å²) < 4.78 is 0. The number of nitrogens with one attached hydrogen (secondary N) is 1. The minimum Gasteiger partial charge on any atom is -0.396 e. The Balaban J connectivity index is 3.32. The standard InChI is InChI=1S/C9H17NO/c1-4-5-6-10-7-9(2,3)8-11/h1,10-11H,5-8H2,2-3H3. The van der Waals surface area contributed by atoms with E-state index in [1.807, 2.05) is 13.8 Å². The van der Waals surface area contributed by atoms with Crippen LogP contribution in [0.2, 0.25) is 0 Å². The molecule has 0 atom stereocenters. The zero-order valence-corrected chi connectivity index (χ0v) is 7.35. The molecule has 0 unspecified atom stereocenters. The molecule has 64 valence electrons. The molecule has 0 rings (SSSR count). The first-order valence-corrected chi connectivity index (χ1v) is 3.87. The molecule has 0 fully saturated rings. The van der Waals surface area contributed by atoms with Crippen molar-refractivity contribution in [2.45, 2.75) is 20.3 Å². The van der Waals surface area contributed by atoms with E-state index < -0.39 is 0 Å². The summed E-state index contributed by atoms with van der Waals surface area (Å²) in [5.41, 5.74) is -0.0331. The Morgan fingerprint density at radius 3 is 2.64 bits per heavy atom. The second kappa shape index (κ2) is 5.17. The van der Waals surface area contributed by atoms with Crippen molar-refractivity contribution in [2.75, 3.05) is 19.7 Å². The lowest BCUT2D eigenvalue weighted by Gasteiger charge is -2.21. The Morgan fingerprint density at radius 1 is 1.55 bits per heavy atom. The van der Waals surface area contributed by atoms with Gasteiger partial charge in [0, 0.05) is 31.5 Å². The number of rotatable bonds is 5. The number of aliphatic hydroxyl groups excluding tert-OH is 1. The molecule has 0 heterocycles. The molecule has 2 heteroatoms. The van der Waals surface area contributed by atoms with Crippen LogP contribution in [-0.2, 0) is 0 Å². The molecular weight excluding hydrogens is 138 g/mol. The molecule has 0 aromatic carbocycles. The molecule has 0 saturated heterocycles. The van der Waals surface area contributed by atoms with Crippen molar-refractivity contribution in [2.24, 2.45) is 5.41 Å². The second-order valence-corrected chi connectivity index (χ2v) is 3.45. The minimum absolute atomic E-state index is 0.0331. The summed E-state index contributed by atoms with van der Waals surface area (Å²) >= 11 is 0. The van der Waals surface area contributed by atoms with E-state index >= 15 is 0 Å². The lowest BCUT2D eigenvalue weighted by molar-refractivity contribution is 0.157. The summed E-state index contributed by atoms with van der Waals surface area (Å²) in [6, 6.07) is 0. The monoisotopic (exact) mass is 155 g/mol. The summed E-state index contributed by atoms with van der Waals surface area (Å²) in [7, 11) is 0. The largest absolute Gasteiger partial charge is 0.396 e. The van der Waals surface area contributed by atoms with E-state index in [9.17, 15) is 0 Å². The van der Waals surface area contributed by atoms with Crippen LogP contribution in [0.1, 0.15) is 20.3 Å². The lowest BCUT2D eigenvalue weighted by atomic mass is 9.95. The van der Waals surface area contributed by atoms with Crippen LogP contribution < -0.4 is 5.32 Å². The third kappa shape index (κ3) is 5.90. The normalized spacial score (nSPS) is 11.1. The molecule has 2 N–H and O–H groups in total. The van der Waals surface area contributed by atoms with Gasteiger partial charge in [0.15, 0.2) is 0 Å². The predicted molar refractivity (Wildman–Crippen MR) is 47.2 cm³/mol. The molecule has 0 spiro atoms. The molecule has 2 nitrogen and oxygen atoms in total. The van der Waals surface area contributed by atoms with E-state index in [4.69, 9.17) is 11.5 Å². The van der Waals surface area contributed by atoms with Crippen LogP contribution in [0.15, 0.2) is 0 Å². The fourth-order valence-electron chi connectivity index (χ4n) is 0.643. The van der Waals surface area contributed by atoms with Crippen LogP contribution in [0.4, 0.5) is 0 Å². The maximum absolute atomic E-state index is 8.87. The molecule has 0 aliphatic rings. The first-order valence-electron chi connectivity index (χ1n) is 3.87. The maximum atomic E-state index is 8.87. The fourth-order valence-corrected chi connectivity index (χ4v) is 0.643. The summed E-state index contributed by atoms with van der Waals surface area (Å²) in [6.45, 7) is 5.87. The van der Waals surface area contributed by atoms with E-state index in [1.54, 1.807) is 0 Å². The van der Waals surface area contributed by atoms with Crippen molar-refractivity contribution in [1.82, 2.24) is 5.32 Å². The Morgan fingerprint density at radius 2 is 2.18 bits per heavy atom. The van der Waals surface area contributed by atoms with Crippen LogP contribution in [0.3, 0.4) is 0 Å². The Labute approximate surface area is 69.0 Å². The number of hydrogen-bond acceptors (Lipinski definition) is 2. The molecule has 0 aliphatic carbocycles. The maximum Gasteiger partial charge on any atom is 0.0494 e. The first kappa shape index (κ1) is 10.5. The molecule has 0 aromatic heterocycles. The van der Waals surface area contributed by atoms with Gasteiger partial charge in [-0.2, -0.15) is 0 Å². The third-order valence-electron chi connectivity index (χ3n) is 1.48. The second-order valence-electron chi connectivity index (χ2n) is 3.45. The number of terminal acetylenes is 1. The molecule has 0 aromatic rings. The molecule has 0 saturated carbocycles. The zero-order chi connectivity index (χ0) is 8.74. The highest BCUT2D eigenvalue weighted by Crippen LogP contribution is 2.10. The van der Waals surface area contributed by atoms with Crippen molar-refractivity contribution in [3.05, 3.63) is 0 Å². The highest BCUT2D eigenvalue weighted by atomic mass is 16.3. The highest BCUT2D eigenvalue weighted by molar-refractivity contribution is 4.84. The van der Waals surface area contributed by atoms with Crippen LogP contribution in [0.25, 0.3) is 0 Å². The van der Waals surface area contributed by atoms with Crippen molar-refractivity contribution in [1.29, 1.82) is 0 Å². The van der Waals surface area contributed by atoms with Crippen molar-refractivity contribution < 1.29 is 5.11 Å². The van der Waals surface area contributed by atoms with Gasteiger partial charge in [-0.1, -0.05) is 13.8 Å². The SMILES string of the molecule is C#CCCNCC(C)(C)CO. The highest BCUT2D eigenvalue weighted by Gasteiger charge is 2.14. The van der Waals surface area contributed by atoms with Gasteiger partial charge in [-0.25, -0.2) is 0 Å². The minimum atomic E-state index is -0.0331. The molecule has 0 amide bonds. The molecular formula is C9H17NO. The van der Waals surface area contributed by atoms with Crippen LogP contribution >= 0.6 is 0 Å². The Hall–Kier alpha value is -0.520. The summed E-state index contributed by atoms with van der Waals surface area (Å²) in [5.74, 6) is 2.55. The van der Waals surface area contributed by atoms with E-state index in [0.717, 1.165) is 19.5 Å². The summed E-state index contributed by atoms with van der Waals surface area (Å²) in [6.07, 6.45) is 5.82. The topological polar surface area (TPSA) is 32.3 Å². The third-order valence-corrected chi connectivity index (χ3v) is 1.48. The average molecular weight is 155 g/mol. The van der Waals surface area contributed by atoms with Crippen molar-refractivity contribution in [3.63, 3.8) is 0 Å². The Bertz CT molecular complexity index is 135. The summed E-state index contributed by atoms with van der Waals surface area (Å²) in [4.78, 5) is 0. The van der Waals surface area contributed by atoms with Crippen LogP contribution in [0.5, 0.6) is 0 Å². The van der Waals surface area contributed by atoms with Crippen LogP contribution in [-0.4, -0.2) is 24.8 Å². The quantitative estimate of drug-likeness (QED) is 0.450. The number of hydrogen-bond donors (Lipinski definition) is 2. The van der Waals surface area contributed by atoms with E-state index in [2.05, 4.69) is 11.2 Å². The van der Waals surface area contributed by atoms with Gasteiger partial charge in [-0.3, -0.25) is 0 Å². The Kier molecular flexibility index (Phi) is 4.93. The van der Waals surface area contributed by atoms with Gasteiger partial charge in [0.25, 0.3) is 0 Å². The molecule has 0 aliphatic heterocycles. The van der Waals surface area contributed by atoms with Crippen molar-refractivity contribution >= 4 is 0 Å². The van der Waals surface area contributed by atoms with Gasteiger partial charge in [-0.05, 0) is 0 Å². The smallest absolute Gasteiger partial charge is 0.0494 e. The van der Waals surface area contributed by atoms with Gasteiger partial charge in [0.2, 0.25) is 0 Å². The lowest BCUT2D eigenvalue weighted by Crippen LogP contribution is -2.32. The van der Waals surface area contributed by atoms with Gasteiger partial charge in [0.05, 0.1) is 0 Å². The van der Waals surface area contributed by atoms with E-state index in [1.165, 1.54) is 0 Å². The molecule has 0 bridgehead atoms. The predicted octanol–water partition coefficient (Wildman–Crippen LogP) is 0.618. The van der Waals surface area contributed by atoms with Gasteiger partial charge in [-0.15, -0.1) is 12.3 Å². The van der Waals surface area contributed by atoms with Crippen molar-refractivity contribution in [3.8, 4) is 12.3 Å². The van der Waals surface area contributed by atoms with Gasteiger partial charge >= 0.3 is 0 Å².